The molecule has 2 rings (SSSR count). The standard InChI is InChI=1S/C13H14BrNO4/c1-8-7-15(12(16)4-5-13(17)18)10-6-9(14)2-3-11(10)19-8/h2-3,6,8H,4-5,7H2,1H3,(H,17,18). The van der Waals surface area contributed by atoms with Crippen molar-refractivity contribution in [2.75, 3.05) is 11.4 Å². The van der Waals surface area contributed by atoms with E-state index in [0.29, 0.717) is 18.0 Å². The first-order valence-electron chi connectivity index (χ1n) is 5.95. The van der Waals surface area contributed by atoms with Crippen molar-refractivity contribution in [3.63, 3.8) is 0 Å². The first-order valence-corrected chi connectivity index (χ1v) is 6.75. The molecule has 1 unspecified atom stereocenters. The molecule has 1 N–H and O–H groups in total. The minimum atomic E-state index is -0.968. The van der Waals surface area contributed by atoms with Gasteiger partial charge in [0.1, 0.15) is 11.9 Å². The molecule has 19 heavy (non-hydrogen) atoms. The van der Waals surface area contributed by atoms with Gasteiger partial charge in [0.2, 0.25) is 5.91 Å². The Bertz CT molecular complexity index is 517. The smallest absolute Gasteiger partial charge is 0.303 e. The summed E-state index contributed by atoms with van der Waals surface area (Å²) in [5, 5.41) is 8.65. The molecule has 1 atom stereocenters. The maximum atomic E-state index is 12.1. The SMILES string of the molecule is CC1CN(C(=O)CCC(=O)O)c2cc(Br)ccc2O1. The molecule has 1 aromatic rings. The Morgan fingerprint density at radius 3 is 2.89 bits per heavy atom. The Morgan fingerprint density at radius 1 is 1.47 bits per heavy atom. The van der Waals surface area contributed by atoms with Gasteiger partial charge in [-0.3, -0.25) is 9.59 Å². The van der Waals surface area contributed by atoms with Gasteiger partial charge in [-0.2, -0.15) is 0 Å². The topological polar surface area (TPSA) is 66.8 Å². The molecule has 0 fully saturated rings. The number of amides is 1. The lowest BCUT2D eigenvalue weighted by Gasteiger charge is -2.33. The number of nitrogens with zero attached hydrogens (tertiary/aromatic N) is 1. The second-order valence-electron chi connectivity index (χ2n) is 4.44. The van der Waals surface area contributed by atoms with E-state index in [-0.39, 0.29) is 24.9 Å². The van der Waals surface area contributed by atoms with E-state index in [1.807, 2.05) is 13.0 Å². The summed E-state index contributed by atoms with van der Waals surface area (Å²) in [6, 6.07) is 5.45. The average Bonchev–Trinajstić information content (AvgIpc) is 2.35. The fraction of sp³-hybridized carbons (Fsp3) is 0.385. The third-order valence-corrected chi connectivity index (χ3v) is 3.33. The average molecular weight is 328 g/mol. The molecule has 0 bridgehead atoms. The minimum Gasteiger partial charge on any atom is -0.487 e. The van der Waals surface area contributed by atoms with Crippen molar-refractivity contribution in [3.8, 4) is 5.75 Å². The van der Waals surface area contributed by atoms with Gasteiger partial charge in [0.25, 0.3) is 0 Å². The lowest BCUT2D eigenvalue weighted by molar-refractivity contribution is -0.138. The maximum absolute atomic E-state index is 12.1. The Morgan fingerprint density at radius 2 is 2.21 bits per heavy atom. The van der Waals surface area contributed by atoms with Gasteiger partial charge >= 0.3 is 5.97 Å². The molecule has 0 aromatic heterocycles. The number of anilines is 1. The highest BCUT2D eigenvalue weighted by Crippen LogP contribution is 2.36. The third-order valence-electron chi connectivity index (χ3n) is 2.83. The number of halogens is 1. The number of carbonyl (C=O) groups excluding carboxylic acids is 1. The number of rotatable bonds is 3. The molecular weight excluding hydrogens is 314 g/mol. The van der Waals surface area contributed by atoms with Crippen LogP contribution in [0.25, 0.3) is 0 Å². The number of hydrogen-bond donors (Lipinski definition) is 1. The van der Waals surface area contributed by atoms with E-state index in [2.05, 4.69) is 15.9 Å². The molecule has 1 amide bonds. The highest BCUT2D eigenvalue weighted by atomic mass is 79.9. The summed E-state index contributed by atoms with van der Waals surface area (Å²) in [6.45, 7) is 2.31. The van der Waals surface area contributed by atoms with Crippen LogP contribution in [0, 0.1) is 0 Å². The quantitative estimate of drug-likeness (QED) is 0.925. The van der Waals surface area contributed by atoms with Crippen LogP contribution in [0.1, 0.15) is 19.8 Å². The monoisotopic (exact) mass is 327 g/mol. The van der Waals surface area contributed by atoms with Gasteiger partial charge in [0.15, 0.2) is 0 Å². The van der Waals surface area contributed by atoms with E-state index in [4.69, 9.17) is 9.84 Å². The Labute approximate surface area is 119 Å². The molecular formula is C13H14BrNO4. The normalized spacial score (nSPS) is 17.6. The van der Waals surface area contributed by atoms with Crippen molar-refractivity contribution in [3.05, 3.63) is 22.7 Å². The van der Waals surface area contributed by atoms with Crippen LogP contribution in [-0.2, 0) is 9.59 Å². The summed E-state index contributed by atoms with van der Waals surface area (Å²) in [6.07, 6.45) is -0.274. The molecule has 6 heteroatoms. The van der Waals surface area contributed by atoms with E-state index in [0.717, 1.165) is 4.47 Å². The minimum absolute atomic E-state index is 0.00595. The van der Waals surface area contributed by atoms with Crippen LogP contribution >= 0.6 is 15.9 Å². The van der Waals surface area contributed by atoms with Gasteiger partial charge in [0, 0.05) is 10.9 Å². The number of fused-ring (bicyclic) bond motifs is 1. The van der Waals surface area contributed by atoms with Crippen LogP contribution in [-0.4, -0.2) is 29.6 Å². The molecule has 0 spiro atoms. The second-order valence-corrected chi connectivity index (χ2v) is 5.35. The van der Waals surface area contributed by atoms with Crippen molar-refractivity contribution in [2.24, 2.45) is 0 Å². The second kappa shape index (κ2) is 5.61. The number of hydrogen-bond acceptors (Lipinski definition) is 3. The first kappa shape index (κ1) is 13.9. The molecule has 0 saturated carbocycles. The van der Waals surface area contributed by atoms with Gasteiger partial charge in [-0.05, 0) is 25.1 Å². The maximum Gasteiger partial charge on any atom is 0.303 e. The number of carboxylic acids is 1. The molecule has 0 radical (unpaired) electrons. The summed E-state index contributed by atoms with van der Waals surface area (Å²) in [4.78, 5) is 24.3. The van der Waals surface area contributed by atoms with Gasteiger partial charge in [-0.25, -0.2) is 0 Å². The lowest BCUT2D eigenvalue weighted by atomic mass is 10.1. The molecule has 1 heterocycles. The van der Waals surface area contributed by atoms with Crippen LogP contribution in [0.4, 0.5) is 5.69 Å². The summed E-state index contributed by atoms with van der Waals surface area (Å²) in [5.74, 6) is -0.522. The van der Waals surface area contributed by atoms with Gasteiger partial charge in [-0.15, -0.1) is 0 Å². The van der Waals surface area contributed by atoms with Crippen LogP contribution in [0.2, 0.25) is 0 Å². The predicted octanol–water partition coefficient (Wildman–Crippen LogP) is 2.43. The number of carboxylic acid groups (broad SMARTS) is 1. The van der Waals surface area contributed by atoms with Crippen LogP contribution in [0.15, 0.2) is 22.7 Å². The molecule has 1 aliphatic rings. The van der Waals surface area contributed by atoms with E-state index in [1.165, 1.54) is 0 Å². The fourth-order valence-electron chi connectivity index (χ4n) is 2.00. The van der Waals surface area contributed by atoms with Gasteiger partial charge < -0.3 is 14.7 Å². The van der Waals surface area contributed by atoms with E-state index >= 15 is 0 Å². The zero-order chi connectivity index (χ0) is 14.0. The third kappa shape index (κ3) is 3.26. The Balaban J connectivity index is 2.24. The highest BCUT2D eigenvalue weighted by molar-refractivity contribution is 9.10. The van der Waals surface area contributed by atoms with Gasteiger partial charge in [0.05, 0.1) is 18.7 Å². The predicted molar refractivity (Wildman–Crippen MR) is 73.5 cm³/mol. The lowest BCUT2D eigenvalue weighted by Crippen LogP contribution is -2.42. The number of benzene rings is 1. The van der Waals surface area contributed by atoms with Gasteiger partial charge in [-0.1, -0.05) is 15.9 Å². The Kier molecular flexibility index (Phi) is 4.09. The molecule has 5 nitrogen and oxygen atoms in total. The molecule has 1 aliphatic heterocycles. The molecule has 1 aromatic carbocycles. The molecule has 0 aliphatic carbocycles. The van der Waals surface area contributed by atoms with Crippen molar-refractivity contribution < 1.29 is 19.4 Å². The van der Waals surface area contributed by atoms with Crippen molar-refractivity contribution >= 4 is 33.5 Å². The fourth-order valence-corrected chi connectivity index (χ4v) is 2.34. The number of ether oxygens (including phenoxy) is 1. The van der Waals surface area contributed by atoms with Crippen molar-refractivity contribution in [1.82, 2.24) is 0 Å². The summed E-state index contributed by atoms with van der Waals surface area (Å²) in [7, 11) is 0. The zero-order valence-electron chi connectivity index (χ0n) is 10.4. The van der Waals surface area contributed by atoms with E-state index in [1.54, 1.807) is 17.0 Å². The van der Waals surface area contributed by atoms with E-state index in [9.17, 15) is 9.59 Å². The number of aliphatic carboxylic acids is 1. The number of carbonyl (C=O) groups is 2. The van der Waals surface area contributed by atoms with Crippen molar-refractivity contribution in [2.45, 2.75) is 25.9 Å². The molecule has 102 valence electrons. The highest BCUT2D eigenvalue weighted by Gasteiger charge is 2.27. The summed E-state index contributed by atoms with van der Waals surface area (Å²) in [5.41, 5.74) is 0.683. The van der Waals surface area contributed by atoms with Crippen LogP contribution < -0.4 is 9.64 Å². The van der Waals surface area contributed by atoms with Crippen LogP contribution in [0.3, 0.4) is 0 Å². The van der Waals surface area contributed by atoms with Crippen molar-refractivity contribution in [1.29, 1.82) is 0 Å². The summed E-state index contributed by atoms with van der Waals surface area (Å²) < 4.78 is 6.51. The summed E-state index contributed by atoms with van der Waals surface area (Å²) >= 11 is 3.36. The largest absolute Gasteiger partial charge is 0.487 e. The molecule has 0 saturated heterocycles. The first-order chi connectivity index (χ1) is 8.97. The Hall–Kier alpha value is -1.56. The zero-order valence-corrected chi connectivity index (χ0v) is 12.0. The van der Waals surface area contributed by atoms with E-state index < -0.39 is 5.97 Å². The van der Waals surface area contributed by atoms with Crippen LogP contribution in [0.5, 0.6) is 5.75 Å².